The lowest BCUT2D eigenvalue weighted by atomic mass is 10.2. The summed E-state index contributed by atoms with van der Waals surface area (Å²) in [5.74, 6) is 0.763. The van der Waals surface area contributed by atoms with Crippen LogP contribution in [0.5, 0.6) is 11.5 Å². The van der Waals surface area contributed by atoms with Crippen molar-refractivity contribution in [3.05, 3.63) is 42.5 Å². The monoisotopic (exact) mass is 376 g/mol. The van der Waals surface area contributed by atoms with Crippen molar-refractivity contribution in [2.75, 3.05) is 24.3 Å². The topological polar surface area (TPSA) is 76.7 Å². The maximum atomic E-state index is 12.7. The summed E-state index contributed by atoms with van der Waals surface area (Å²) in [6.07, 6.45) is 4.90. The summed E-state index contributed by atoms with van der Waals surface area (Å²) in [7, 11) is -0.823. The van der Waals surface area contributed by atoms with E-state index in [4.69, 9.17) is 9.47 Å². The number of ether oxygens (including phenoxy) is 2. The zero-order valence-corrected chi connectivity index (χ0v) is 15.8. The fraction of sp³-hybridized carbons (Fsp3) is 0.368. The van der Waals surface area contributed by atoms with E-state index in [2.05, 4.69) is 10.0 Å². The molecule has 0 spiro atoms. The molecule has 1 saturated carbocycles. The lowest BCUT2D eigenvalue weighted by Gasteiger charge is -2.15. The van der Waals surface area contributed by atoms with Crippen molar-refractivity contribution < 1.29 is 17.9 Å². The molecule has 0 atom stereocenters. The molecule has 3 rings (SSSR count). The van der Waals surface area contributed by atoms with E-state index in [1.807, 2.05) is 12.1 Å². The molecule has 7 heteroatoms. The SMILES string of the molecule is COc1ccc(S(=O)(=O)Nc2ccc(NC3CCCC3)cc2)c(OC)c1. The molecule has 26 heavy (non-hydrogen) atoms. The average molecular weight is 376 g/mol. The van der Waals surface area contributed by atoms with E-state index in [0.717, 1.165) is 5.69 Å². The van der Waals surface area contributed by atoms with E-state index in [9.17, 15) is 8.42 Å². The summed E-state index contributed by atoms with van der Waals surface area (Å²) < 4.78 is 38.3. The highest BCUT2D eigenvalue weighted by atomic mass is 32.2. The molecule has 1 fully saturated rings. The van der Waals surface area contributed by atoms with Crippen LogP contribution in [0.1, 0.15) is 25.7 Å². The van der Waals surface area contributed by atoms with Crippen LogP contribution < -0.4 is 19.5 Å². The fourth-order valence-corrected chi connectivity index (χ4v) is 4.36. The summed E-state index contributed by atoms with van der Waals surface area (Å²) in [6, 6.07) is 12.4. The van der Waals surface area contributed by atoms with Gasteiger partial charge in [0.1, 0.15) is 16.4 Å². The van der Waals surface area contributed by atoms with Crippen molar-refractivity contribution in [2.45, 2.75) is 36.6 Å². The van der Waals surface area contributed by atoms with Crippen LogP contribution in [-0.2, 0) is 10.0 Å². The Balaban J connectivity index is 1.74. The van der Waals surface area contributed by atoms with Crippen LogP contribution in [0.4, 0.5) is 11.4 Å². The molecule has 0 heterocycles. The molecule has 1 aliphatic carbocycles. The largest absolute Gasteiger partial charge is 0.497 e. The Morgan fingerprint density at radius 1 is 0.923 bits per heavy atom. The Labute approximate surface area is 154 Å². The molecule has 0 saturated heterocycles. The number of anilines is 2. The molecule has 0 aromatic heterocycles. The standard InChI is InChI=1S/C19H24N2O4S/c1-24-17-11-12-19(18(13-17)25-2)26(22,23)21-16-9-7-15(8-10-16)20-14-5-3-4-6-14/h7-14,20-21H,3-6H2,1-2H3. The Kier molecular flexibility index (Phi) is 5.56. The van der Waals surface area contributed by atoms with E-state index in [-0.39, 0.29) is 10.6 Å². The Bertz CT molecular complexity index is 844. The molecule has 140 valence electrons. The molecule has 0 unspecified atom stereocenters. The van der Waals surface area contributed by atoms with Crippen molar-refractivity contribution in [3.63, 3.8) is 0 Å². The van der Waals surface area contributed by atoms with Crippen molar-refractivity contribution in [3.8, 4) is 11.5 Å². The van der Waals surface area contributed by atoms with Gasteiger partial charge >= 0.3 is 0 Å². The Morgan fingerprint density at radius 2 is 1.58 bits per heavy atom. The van der Waals surface area contributed by atoms with Crippen LogP contribution in [0.15, 0.2) is 47.4 Å². The third kappa shape index (κ3) is 4.22. The molecule has 2 N–H and O–H groups in total. The van der Waals surface area contributed by atoms with Gasteiger partial charge in [0.15, 0.2) is 0 Å². The first-order valence-corrected chi connectivity index (χ1v) is 10.1. The van der Waals surface area contributed by atoms with Gasteiger partial charge in [0.05, 0.1) is 14.2 Å². The Morgan fingerprint density at radius 3 is 2.19 bits per heavy atom. The highest BCUT2D eigenvalue weighted by molar-refractivity contribution is 7.92. The lowest BCUT2D eigenvalue weighted by molar-refractivity contribution is 0.386. The maximum absolute atomic E-state index is 12.7. The smallest absolute Gasteiger partial charge is 0.265 e. The molecule has 0 aliphatic heterocycles. The van der Waals surface area contributed by atoms with E-state index in [1.54, 1.807) is 24.3 Å². The minimum absolute atomic E-state index is 0.0638. The molecule has 0 bridgehead atoms. The van der Waals surface area contributed by atoms with Gasteiger partial charge in [-0.05, 0) is 49.2 Å². The first-order chi connectivity index (χ1) is 12.5. The van der Waals surface area contributed by atoms with E-state index in [1.165, 1.54) is 46.0 Å². The number of hydrogen-bond acceptors (Lipinski definition) is 5. The fourth-order valence-electron chi connectivity index (χ4n) is 3.15. The van der Waals surface area contributed by atoms with Crippen LogP contribution in [0.25, 0.3) is 0 Å². The van der Waals surface area contributed by atoms with Gasteiger partial charge < -0.3 is 14.8 Å². The van der Waals surface area contributed by atoms with E-state index in [0.29, 0.717) is 17.5 Å². The third-order valence-electron chi connectivity index (χ3n) is 4.52. The van der Waals surface area contributed by atoms with Gasteiger partial charge in [0.25, 0.3) is 10.0 Å². The number of methoxy groups -OCH3 is 2. The predicted molar refractivity (Wildman–Crippen MR) is 103 cm³/mol. The van der Waals surface area contributed by atoms with Gasteiger partial charge in [-0.25, -0.2) is 8.42 Å². The number of sulfonamides is 1. The first kappa shape index (κ1) is 18.4. The molecular weight excluding hydrogens is 352 g/mol. The van der Waals surface area contributed by atoms with Crippen molar-refractivity contribution in [2.24, 2.45) is 0 Å². The molecule has 2 aromatic rings. The van der Waals surface area contributed by atoms with Crippen molar-refractivity contribution in [1.82, 2.24) is 0 Å². The zero-order valence-electron chi connectivity index (χ0n) is 15.0. The van der Waals surface area contributed by atoms with Gasteiger partial charge in [-0.1, -0.05) is 12.8 Å². The van der Waals surface area contributed by atoms with Crippen molar-refractivity contribution >= 4 is 21.4 Å². The summed E-state index contributed by atoms with van der Waals surface area (Å²) >= 11 is 0. The number of benzene rings is 2. The maximum Gasteiger partial charge on any atom is 0.265 e. The van der Waals surface area contributed by atoms with Crippen LogP contribution >= 0.6 is 0 Å². The zero-order chi connectivity index (χ0) is 18.6. The summed E-state index contributed by atoms with van der Waals surface area (Å²) in [6.45, 7) is 0. The number of rotatable bonds is 7. The van der Waals surface area contributed by atoms with Crippen LogP contribution in [0.2, 0.25) is 0 Å². The van der Waals surface area contributed by atoms with Gasteiger partial charge in [0, 0.05) is 23.5 Å². The van der Waals surface area contributed by atoms with Gasteiger partial charge in [0.2, 0.25) is 0 Å². The molecule has 0 radical (unpaired) electrons. The third-order valence-corrected chi connectivity index (χ3v) is 5.94. The van der Waals surface area contributed by atoms with Gasteiger partial charge in [-0.15, -0.1) is 0 Å². The second kappa shape index (κ2) is 7.86. The highest BCUT2D eigenvalue weighted by Gasteiger charge is 2.20. The number of nitrogens with one attached hydrogen (secondary N) is 2. The molecule has 2 aromatic carbocycles. The minimum Gasteiger partial charge on any atom is -0.497 e. The number of hydrogen-bond donors (Lipinski definition) is 2. The lowest BCUT2D eigenvalue weighted by Crippen LogP contribution is -2.15. The average Bonchev–Trinajstić information content (AvgIpc) is 3.15. The predicted octanol–water partition coefficient (Wildman–Crippen LogP) is 3.86. The summed E-state index contributed by atoms with van der Waals surface area (Å²) in [5.41, 5.74) is 1.50. The first-order valence-electron chi connectivity index (χ1n) is 8.63. The minimum atomic E-state index is -3.77. The molecule has 0 amide bonds. The normalized spacial score (nSPS) is 14.8. The summed E-state index contributed by atoms with van der Waals surface area (Å²) in [4.78, 5) is 0.0638. The second-order valence-electron chi connectivity index (χ2n) is 6.33. The molecule has 6 nitrogen and oxygen atoms in total. The van der Waals surface area contributed by atoms with Crippen LogP contribution in [-0.4, -0.2) is 28.7 Å². The van der Waals surface area contributed by atoms with Gasteiger partial charge in [-0.2, -0.15) is 0 Å². The van der Waals surface area contributed by atoms with Crippen LogP contribution in [0, 0.1) is 0 Å². The van der Waals surface area contributed by atoms with Crippen molar-refractivity contribution in [1.29, 1.82) is 0 Å². The van der Waals surface area contributed by atoms with E-state index >= 15 is 0 Å². The van der Waals surface area contributed by atoms with E-state index < -0.39 is 10.0 Å². The second-order valence-corrected chi connectivity index (χ2v) is 7.98. The van der Waals surface area contributed by atoms with Gasteiger partial charge in [-0.3, -0.25) is 4.72 Å². The molecule has 1 aliphatic rings. The highest BCUT2D eigenvalue weighted by Crippen LogP contribution is 2.30. The summed E-state index contributed by atoms with van der Waals surface area (Å²) in [5, 5.41) is 3.48. The molecular formula is C19H24N2O4S. The van der Waals surface area contributed by atoms with Crippen LogP contribution in [0.3, 0.4) is 0 Å². The quantitative estimate of drug-likeness (QED) is 0.767. The Hall–Kier alpha value is -2.41.